The van der Waals surface area contributed by atoms with Crippen molar-refractivity contribution >= 4 is 0 Å². The van der Waals surface area contributed by atoms with E-state index >= 15 is 0 Å². The fourth-order valence-corrected chi connectivity index (χ4v) is 0.676. The molecule has 0 fully saturated rings. The van der Waals surface area contributed by atoms with Crippen LogP contribution in [0.3, 0.4) is 0 Å². The van der Waals surface area contributed by atoms with Crippen molar-refractivity contribution in [2.45, 2.75) is 46.6 Å². The monoisotopic (exact) mass is 145 g/mol. The van der Waals surface area contributed by atoms with Crippen LogP contribution in [0, 0.1) is 0 Å². The van der Waals surface area contributed by atoms with E-state index in [1.165, 1.54) is 12.8 Å². The Labute approximate surface area is 66.4 Å². The zero-order valence-electron chi connectivity index (χ0n) is 8.44. The van der Waals surface area contributed by atoms with E-state index in [0.717, 1.165) is 6.04 Å². The Kier molecular flexibility index (Phi) is 11.3. The first-order chi connectivity index (χ1) is 4.68. The summed E-state index contributed by atoms with van der Waals surface area (Å²) in [4.78, 5) is 2.25. The summed E-state index contributed by atoms with van der Waals surface area (Å²) in [5.74, 6) is 0. The van der Waals surface area contributed by atoms with E-state index in [9.17, 15) is 0 Å². The van der Waals surface area contributed by atoms with Gasteiger partial charge in [0.2, 0.25) is 0 Å². The smallest absolute Gasteiger partial charge is 0.00607 e. The fourth-order valence-electron chi connectivity index (χ4n) is 0.676. The molecule has 1 heteroatoms. The maximum absolute atomic E-state index is 2.25. The van der Waals surface area contributed by atoms with E-state index in [1.54, 1.807) is 0 Å². The van der Waals surface area contributed by atoms with Crippen LogP contribution in [0.2, 0.25) is 0 Å². The molecule has 0 heterocycles. The second kappa shape index (κ2) is 8.96. The molecule has 1 unspecified atom stereocenters. The lowest BCUT2D eigenvalue weighted by Gasteiger charge is -2.17. The van der Waals surface area contributed by atoms with E-state index in [1.807, 2.05) is 13.8 Å². The topological polar surface area (TPSA) is 3.24 Å². The maximum Gasteiger partial charge on any atom is 0.00607 e. The quantitative estimate of drug-likeness (QED) is 0.590. The van der Waals surface area contributed by atoms with Crippen molar-refractivity contribution in [2.24, 2.45) is 0 Å². The highest BCUT2D eigenvalue weighted by Gasteiger charge is 1.99. The molecule has 0 bridgehead atoms. The van der Waals surface area contributed by atoms with Crippen molar-refractivity contribution in [3.05, 3.63) is 0 Å². The number of rotatable bonds is 3. The summed E-state index contributed by atoms with van der Waals surface area (Å²) in [6.07, 6.45) is 2.60. The molecule has 0 aliphatic heterocycles. The lowest BCUT2D eigenvalue weighted by atomic mass is 10.2. The molecular formula is C9H23N. The number of hydrogen-bond donors (Lipinski definition) is 0. The van der Waals surface area contributed by atoms with Crippen molar-refractivity contribution in [2.75, 3.05) is 14.1 Å². The first kappa shape index (κ1) is 12.6. The molecule has 0 saturated heterocycles. The third-order valence-electron chi connectivity index (χ3n) is 1.59. The summed E-state index contributed by atoms with van der Waals surface area (Å²) in [6.45, 7) is 8.48. The molecule has 0 radical (unpaired) electrons. The Morgan fingerprint density at radius 2 is 1.60 bits per heavy atom. The molecule has 0 aliphatic rings. The largest absolute Gasteiger partial charge is 0.307 e. The van der Waals surface area contributed by atoms with Gasteiger partial charge in [-0.25, -0.2) is 0 Å². The molecule has 1 nitrogen and oxygen atoms in total. The molecular weight excluding hydrogens is 122 g/mol. The van der Waals surface area contributed by atoms with E-state index in [2.05, 4.69) is 32.8 Å². The molecule has 10 heavy (non-hydrogen) atoms. The predicted octanol–water partition coefficient (Wildman–Crippen LogP) is 2.76. The van der Waals surface area contributed by atoms with Crippen LogP contribution in [0.5, 0.6) is 0 Å². The second-order valence-electron chi connectivity index (χ2n) is 2.60. The predicted molar refractivity (Wildman–Crippen MR) is 49.4 cm³/mol. The minimum atomic E-state index is 0.750. The lowest BCUT2D eigenvalue weighted by molar-refractivity contribution is 0.297. The highest BCUT2D eigenvalue weighted by molar-refractivity contribution is 4.56. The van der Waals surface area contributed by atoms with Gasteiger partial charge in [0, 0.05) is 6.04 Å². The molecule has 0 spiro atoms. The van der Waals surface area contributed by atoms with Crippen LogP contribution in [0.15, 0.2) is 0 Å². The first-order valence-electron chi connectivity index (χ1n) is 4.35. The minimum absolute atomic E-state index is 0.750. The zero-order valence-corrected chi connectivity index (χ0v) is 8.44. The van der Waals surface area contributed by atoms with Gasteiger partial charge < -0.3 is 4.90 Å². The van der Waals surface area contributed by atoms with E-state index < -0.39 is 0 Å². The molecule has 0 N–H and O–H groups in total. The second-order valence-corrected chi connectivity index (χ2v) is 2.60. The van der Waals surface area contributed by atoms with Gasteiger partial charge in [-0.1, -0.05) is 27.2 Å². The SMILES string of the molecule is CC.CCCC(C)N(C)C. The van der Waals surface area contributed by atoms with Crippen LogP contribution in [-0.2, 0) is 0 Å². The molecule has 0 saturated carbocycles. The van der Waals surface area contributed by atoms with Crippen LogP contribution in [-0.4, -0.2) is 25.0 Å². The Bertz CT molecular complexity index is 50.7. The average Bonchev–Trinajstić information content (AvgIpc) is 1.93. The van der Waals surface area contributed by atoms with Gasteiger partial charge in [0.25, 0.3) is 0 Å². The molecule has 64 valence electrons. The van der Waals surface area contributed by atoms with Crippen molar-refractivity contribution in [1.82, 2.24) is 4.90 Å². The van der Waals surface area contributed by atoms with Gasteiger partial charge in [-0.15, -0.1) is 0 Å². The fraction of sp³-hybridized carbons (Fsp3) is 1.00. The normalized spacial score (nSPS) is 12.3. The number of hydrogen-bond acceptors (Lipinski definition) is 1. The minimum Gasteiger partial charge on any atom is -0.307 e. The van der Waals surface area contributed by atoms with Crippen molar-refractivity contribution in [3.63, 3.8) is 0 Å². The van der Waals surface area contributed by atoms with E-state index in [-0.39, 0.29) is 0 Å². The van der Waals surface area contributed by atoms with Crippen LogP contribution in [0.25, 0.3) is 0 Å². The van der Waals surface area contributed by atoms with Gasteiger partial charge in [-0.3, -0.25) is 0 Å². The van der Waals surface area contributed by atoms with Gasteiger partial charge in [0.05, 0.1) is 0 Å². The summed E-state index contributed by atoms with van der Waals surface area (Å²) in [6, 6.07) is 0.750. The Morgan fingerprint density at radius 3 is 1.70 bits per heavy atom. The first-order valence-corrected chi connectivity index (χ1v) is 4.35. The number of nitrogens with zero attached hydrogens (tertiary/aromatic N) is 1. The van der Waals surface area contributed by atoms with E-state index in [0.29, 0.717) is 0 Å². The van der Waals surface area contributed by atoms with E-state index in [4.69, 9.17) is 0 Å². The van der Waals surface area contributed by atoms with Crippen LogP contribution < -0.4 is 0 Å². The molecule has 0 aromatic rings. The third kappa shape index (κ3) is 7.96. The van der Waals surface area contributed by atoms with Crippen molar-refractivity contribution in [1.29, 1.82) is 0 Å². The molecule has 0 aromatic carbocycles. The standard InChI is InChI=1S/C7H17N.C2H6/c1-5-6-7(2)8(3)4;1-2/h7H,5-6H2,1-4H3;1-2H3. The van der Waals surface area contributed by atoms with Gasteiger partial charge in [-0.2, -0.15) is 0 Å². The highest BCUT2D eigenvalue weighted by Crippen LogP contribution is 1.99. The average molecular weight is 145 g/mol. The molecule has 0 aromatic heterocycles. The summed E-state index contributed by atoms with van der Waals surface area (Å²) in [5, 5.41) is 0. The Morgan fingerprint density at radius 1 is 1.20 bits per heavy atom. The van der Waals surface area contributed by atoms with Gasteiger partial charge in [0.15, 0.2) is 0 Å². The van der Waals surface area contributed by atoms with Crippen LogP contribution in [0.4, 0.5) is 0 Å². The zero-order chi connectivity index (χ0) is 8.57. The van der Waals surface area contributed by atoms with Crippen LogP contribution in [0.1, 0.15) is 40.5 Å². The van der Waals surface area contributed by atoms with Gasteiger partial charge >= 0.3 is 0 Å². The summed E-state index contributed by atoms with van der Waals surface area (Å²) in [7, 11) is 4.25. The summed E-state index contributed by atoms with van der Waals surface area (Å²) in [5.41, 5.74) is 0. The molecule has 0 rings (SSSR count). The Balaban J connectivity index is 0. The van der Waals surface area contributed by atoms with Crippen LogP contribution >= 0.6 is 0 Å². The van der Waals surface area contributed by atoms with Crippen molar-refractivity contribution < 1.29 is 0 Å². The maximum atomic E-state index is 2.25. The summed E-state index contributed by atoms with van der Waals surface area (Å²) >= 11 is 0. The van der Waals surface area contributed by atoms with Crippen molar-refractivity contribution in [3.8, 4) is 0 Å². The third-order valence-corrected chi connectivity index (χ3v) is 1.59. The molecule has 1 atom stereocenters. The van der Waals surface area contributed by atoms with Gasteiger partial charge in [-0.05, 0) is 27.4 Å². The molecule has 0 aliphatic carbocycles. The summed E-state index contributed by atoms with van der Waals surface area (Å²) < 4.78 is 0. The Hall–Kier alpha value is -0.0400. The molecule has 0 amide bonds. The lowest BCUT2D eigenvalue weighted by Crippen LogP contribution is -2.23. The van der Waals surface area contributed by atoms with Gasteiger partial charge in [0.1, 0.15) is 0 Å². The highest BCUT2D eigenvalue weighted by atomic mass is 15.1.